The third-order valence-electron chi connectivity index (χ3n) is 2.94. The highest BCUT2D eigenvalue weighted by atomic mass is 35.5. The Labute approximate surface area is 137 Å². The van der Waals surface area contributed by atoms with E-state index in [2.05, 4.69) is 19.2 Å². The normalized spacial score (nSPS) is 11.1. The third-order valence-corrected chi connectivity index (χ3v) is 3.44. The molecule has 0 heterocycles. The van der Waals surface area contributed by atoms with Gasteiger partial charge in [-0.15, -0.1) is 0 Å². The van der Waals surface area contributed by atoms with Crippen molar-refractivity contribution in [2.24, 2.45) is 5.92 Å². The van der Waals surface area contributed by atoms with Crippen molar-refractivity contribution in [3.8, 4) is 5.75 Å². The third kappa shape index (κ3) is 7.37. The van der Waals surface area contributed by atoms with Crippen LogP contribution in [0, 0.1) is 5.92 Å². The van der Waals surface area contributed by atoms with E-state index in [9.17, 15) is 0 Å². The van der Waals surface area contributed by atoms with Crippen LogP contribution in [-0.2, 0) is 11.3 Å². The van der Waals surface area contributed by atoms with Gasteiger partial charge in [-0.25, -0.2) is 0 Å². The Morgan fingerprint density at radius 2 is 1.86 bits per heavy atom. The molecule has 1 aromatic carbocycles. The second kappa shape index (κ2) is 10.3. The number of hydrogen-bond donors (Lipinski definition) is 1. The highest BCUT2D eigenvalue weighted by Gasteiger charge is 2.11. The Morgan fingerprint density at radius 1 is 1.14 bits per heavy atom. The summed E-state index contributed by atoms with van der Waals surface area (Å²) in [4.78, 5) is 0. The molecule has 0 amide bonds. The summed E-state index contributed by atoms with van der Waals surface area (Å²) < 4.78 is 10.9. The molecule has 0 aromatic heterocycles. The number of benzene rings is 1. The van der Waals surface area contributed by atoms with E-state index in [0.717, 1.165) is 37.3 Å². The summed E-state index contributed by atoms with van der Waals surface area (Å²) >= 11 is 12.3. The van der Waals surface area contributed by atoms with Crippen molar-refractivity contribution >= 4 is 23.2 Å². The molecule has 0 atom stereocenters. The zero-order valence-corrected chi connectivity index (χ0v) is 14.6. The fourth-order valence-electron chi connectivity index (χ4n) is 1.92. The molecule has 0 aliphatic rings. The Morgan fingerprint density at radius 3 is 2.52 bits per heavy atom. The monoisotopic (exact) mass is 333 g/mol. The summed E-state index contributed by atoms with van der Waals surface area (Å²) in [6, 6.07) is 3.63. The van der Waals surface area contributed by atoms with E-state index >= 15 is 0 Å². The van der Waals surface area contributed by atoms with E-state index in [-0.39, 0.29) is 0 Å². The molecule has 1 N–H and O–H groups in total. The molecule has 21 heavy (non-hydrogen) atoms. The predicted octanol–water partition coefficient (Wildman–Crippen LogP) is 4.54. The lowest BCUT2D eigenvalue weighted by Crippen LogP contribution is -2.19. The quantitative estimate of drug-likeness (QED) is 0.637. The van der Waals surface area contributed by atoms with Gasteiger partial charge in [-0.3, -0.25) is 0 Å². The number of ether oxygens (including phenoxy) is 2. The Bertz CT molecular complexity index is 425. The van der Waals surface area contributed by atoms with E-state index in [1.54, 1.807) is 13.2 Å². The van der Waals surface area contributed by atoms with Crippen molar-refractivity contribution in [2.75, 3.05) is 26.9 Å². The lowest BCUT2D eigenvalue weighted by Gasteiger charge is -2.15. The maximum atomic E-state index is 6.25. The average molecular weight is 334 g/mol. The minimum atomic E-state index is 0.565. The molecule has 0 saturated heterocycles. The van der Waals surface area contributed by atoms with Crippen LogP contribution in [0.2, 0.25) is 10.0 Å². The van der Waals surface area contributed by atoms with Gasteiger partial charge in [0.1, 0.15) is 5.75 Å². The zero-order valence-electron chi connectivity index (χ0n) is 13.0. The van der Waals surface area contributed by atoms with E-state index < -0.39 is 0 Å². The van der Waals surface area contributed by atoms with Crippen LogP contribution >= 0.6 is 23.2 Å². The maximum absolute atomic E-state index is 6.25. The van der Waals surface area contributed by atoms with Gasteiger partial charge < -0.3 is 14.8 Å². The van der Waals surface area contributed by atoms with E-state index in [0.29, 0.717) is 29.1 Å². The largest absolute Gasteiger partial charge is 0.492 e. The van der Waals surface area contributed by atoms with Gasteiger partial charge in [-0.05, 0) is 37.4 Å². The van der Waals surface area contributed by atoms with Crippen LogP contribution in [0.15, 0.2) is 12.1 Å². The molecule has 0 unspecified atom stereocenters. The van der Waals surface area contributed by atoms with Gasteiger partial charge in [0, 0.05) is 30.8 Å². The van der Waals surface area contributed by atoms with Gasteiger partial charge in [0.25, 0.3) is 0 Å². The minimum absolute atomic E-state index is 0.565. The van der Waals surface area contributed by atoms with Crippen molar-refractivity contribution in [1.29, 1.82) is 0 Å². The van der Waals surface area contributed by atoms with Crippen LogP contribution in [0.5, 0.6) is 5.75 Å². The van der Waals surface area contributed by atoms with Crippen LogP contribution in [0.1, 0.15) is 32.3 Å². The first-order chi connectivity index (χ1) is 10.0. The van der Waals surface area contributed by atoms with Crippen molar-refractivity contribution in [3.63, 3.8) is 0 Å². The van der Waals surface area contributed by atoms with Crippen LogP contribution < -0.4 is 10.1 Å². The Kier molecular flexibility index (Phi) is 9.09. The first kappa shape index (κ1) is 18.6. The predicted molar refractivity (Wildman–Crippen MR) is 89.6 cm³/mol. The smallest absolute Gasteiger partial charge is 0.142 e. The molecule has 0 fully saturated rings. The lowest BCUT2D eigenvalue weighted by molar-refractivity contribution is 0.184. The zero-order chi connectivity index (χ0) is 15.7. The maximum Gasteiger partial charge on any atom is 0.142 e. The Hall–Kier alpha value is -0.480. The van der Waals surface area contributed by atoms with Gasteiger partial charge in [-0.1, -0.05) is 37.0 Å². The van der Waals surface area contributed by atoms with Crippen LogP contribution in [-0.4, -0.2) is 26.9 Å². The van der Waals surface area contributed by atoms with Crippen molar-refractivity contribution in [1.82, 2.24) is 5.32 Å². The number of halogens is 2. The minimum Gasteiger partial charge on any atom is -0.492 e. The summed E-state index contributed by atoms with van der Waals surface area (Å²) in [5.74, 6) is 1.33. The fourth-order valence-corrected chi connectivity index (χ4v) is 2.51. The van der Waals surface area contributed by atoms with Gasteiger partial charge in [0.2, 0.25) is 0 Å². The molecule has 0 aliphatic heterocycles. The topological polar surface area (TPSA) is 30.5 Å². The standard InChI is InChI=1S/C16H25Cl2NO2/c1-12(2)10-19-11-13-8-14(17)9-15(18)16(13)21-7-5-4-6-20-3/h8-9,12,19H,4-7,10-11H2,1-3H3. The summed E-state index contributed by atoms with van der Waals surface area (Å²) in [6.07, 6.45) is 1.91. The molecule has 1 rings (SSSR count). The molecule has 1 aromatic rings. The molecule has 0 aliphatic carbocycles. The lowest BCUT2D eigenvalue weighted by atomic mass is 10.1. The van der Waals surface area contributed by atoms with Gasteiger partial charge >= 0.3 is 0 Å². The number of unbranched alkanes of at least 4 members (excludes halogenated alkanes) is 1. The van der Waals surface area contributed by atoms with Crippen LogP contribution in [0.25, 0.3) is 0 Å². The second-order valence-corrected chi connectivity index (χ2v) is 6.29. The molecule has 0 radical (unpaired) electrons. The first-order valence-electron chi connectivity index (χ1n) is 7.35. The van der Waals surface area contributed by atoms with Gasteiger partial charge in [0.15, 0.2) is 0 Å². The van der Waals surface area contributed by atoms with Crippen molar-refractivity contribution < 1.29 is 9.47 Å². The Balaban J connectivity index is 2.62. The van der Waals surface area contributed by atoms with Gasteiger partial charge in [-0.2, -0.15) is 0 Å². The number of nitrogens with one attached hydrogen (secondary N) is 1. The molecule has 120 valence electrons. The highest BCUT2D eigenvalue weighted by molar-refractivity contribution is 6.35. The fraction of sp³-hybridized carbons (Fsp3) is 0.625. The molecule has 0 spiro atoms. The van der Waals surface area contributed by atoms with Crippen LogP contribution in [0.3, 0.4) is 0 Å². The number of rotatable bonds is 10. The average Bonchev–Trinajstić information content (AvgIpc) is 2.40. The number of hydrogen-bond acceptors (Lipinski definition) is 3. The highest BCUT2D eigenvalue weighted by Crippen LogP contribution is 2.32. The molecular weight excluding hydrogens is 309 g/mol. The summed E-state index contributed by atoms with van der Waals surface area (Å²) in [6.45, 7) is 7.36. The summed E-state index contributed by atoms with van der Waals surface area (Å²) in [5, 5.41) is 4.59. The molecule has 0 saturated carbocycles. The summed E-state index contributed by atoms with van der Waals surface area (Å²) in [5.41, 5.74) is 1.000. The van der Waals surface area contributed by atoms with Gasteiger partial charge in [0.05, 0.1) is 11.6 Å². The molecule has 5 heteroatoms. The molecular formula is C16H25Cl2NO2. The first-order valence-corrected chi connectivity index (χ1v) is 8.10. The molecule has 3 nitrogen and oxygen atoms in total. The SMILES string of the molecule is COCCCCOc1c(Cl)cc(Cl)cc1CNCC(C)C. The van der Waals surface area contributed by atoms with E-state index in [1.165, 1.54) is 0 Å². The van der Waals surface area contributed by atoms with E-state index in [4.69, 9.17) is 32.7 Å². The molecule has 0 bridgehead atoms. The van der Waals surface area contributed by atoms with Crippen molar-refractivity contribution in [2.45, 2.75) is 33.2 Å². The van der Waals surface area contributed by atoms with Crippen LogP contribution in [0.4, 0.5) is 0 Å². The second-order valence-electron chi connectivity index (χ2n) is 5.45. The van der Waals surface area contributed by atoms with Crippen molar-refractivity contribution in [3.05, 3.63) is 27.7 Å². The summed E-state index contributed by atoms with van der Waals surface area (Å²) in [7, 11) is 1.70. The number of methoxy groups -OCH3 is 1. The van der Waals surface area contributed by atoms with E-state index in [1.807, 2.05) is 6.07 Å².